The minimum absolute atomic E-state index is 0.0507. The lowest BCUT2D eigenvalue weighted by atomic mass is 10.1. The van der Waals surface area contributed by atoms with Crippen LogP contribution in [0.25, 0.3) is 10.9 Å². The van der Waals surface area contributed by atoms with Crippen molar-refractivity contribution >= 4 is 16.8 Å². The zero-order chi connectivity index (χ0) is 13.7. The molecule has 100 valence electrons. The normalized spacial score (nSPS) is 10.6. The molecule has 4 heteroatoms. The lowest BCUT2D eigenvalue weighted by molar-refractivity contribution is 0.0795. The Labute approximate surface area is 113 Å². The lowest BCUT2D eigenvalue weighted by Crippen LogP contribution is -2.29. The molecular weight excluding hydrogens is 238 g/mol. The summed E-state index contributed by atoms with van der Waals surface area (Å²) in [5.74, 6) is 0.0507. The number of rotatable bonds is 5. The molecular formula is C15H19N3O. The average molecular weight is 257 g/mol. The highest BCUT2D eigenvalue weighted by molar-refractivity contribution is 6.05. The van der Waals surface area contributed by atoms with Crippen LogP contribution in [0.4, 0.5) is 0 Å². The van der Waals surface area contributed by atoms with Crippen molar-refractivity contribution in [3.8, 4) is 0 Å². The molecule has 1 amide bonds. The standard InChI is InChI=1S/C15H19N3O/c1-16-9-5-11-18(2)15(19)13-6-3-8-14-12(13)7-4-10-17-14/h3-4,6-8,10,16H,5,9,11H2,1-2H3. The Balaban J connectivity index is 2.21. The van der Waals surface area contributed by atoms with Gasteiger partial charge >= 0.3 is 0 Å². The van der Waals surface area contributed by atoms with Gasteiger partial charge in [-0.05, 0) is 38.2 Å². The van der Waals surface area contributed by atoms with Gasteiger partial charge in [0.05, 0.1) is 5.52 Å². The predicted octanol–water partition coefficient (Wildman–Crippen LogP) is 1.92. The largest absolute Gasteiger partial charge is 0.342 e. The molecule has 1 N–H and O–H groups in total. The van der Waals surface area contributed by atoms with Gasteiger partial charge in [-0.1, -0.05) is 12.1 Å². The zero-order valence-corrected chi connectivity index (χ0v) is 11.4. The molecule has 1 aromatic heterocycles. The average Bonchev–Trinajstić information content (AvgIpc) is 2.46. The van der Waals surface area contributed by atoms with E-state index in [9.17, 15) is 4.79 Å². The number of aromatic nitrogens is 1. The molecule has 4 nitrogen and oxygen atoms in total. The Hall–Kier alpha value is -1.94. The quantitative estimate of drug-likeness (QED) is 0.832. The van der Waals surface area contributed by atoms with E-state index in [0.717, 1.165) is 36.0 Å². The summed E-state index contributed by atoms with van der Waals surface area (Å²) in [4.78, 5) is 18.5. The Bertz CT molecular complexity index is 563. The summed E-state index contributed by atoms with van der Waals surface area (Å²) in [6.07, 6.45) is 2.69. The van der Waals surface area contributed by atoms with E-state index in [1.54, 1.807) is 11.1 Å². The molecule has 0 saturated carbocycles. The van der Waals surface area contributed by atoms with Crippen LogP contribution in [-0.4, -0.2) is 43.0 Å². The third-order valence-electron chi connectivity index (χ3n) is 3.14. The van der Waals surface area contributed by atoms with Gasteiger partial charge in [-0.2, -0.15) is 0 Å². The molecule has 0 radical (unpaired) electrons. The number of benzene rings is 1. The van der Waals surface area contributed by atoms with Gasteiger partial charge in [0, 0.05) is 30.7 Å². The van der Waals surface area contributed by atoms with E-state index in [0.29, 0.717) is 0 Å². The van der Waals surface area contributed by atoms with Crippen LogP contribution in [-0.2, 0) is 0 Å². The van der Waals surface area contributed by atoms with Crippen molar-refractivity contribution in [3.63, 3.8) is 0 Å². The molecule has 1 aromatic carbocycles. The molecule has 2 rings (SSSR count). The maximum atomic E-state index is 12.4. The molecule has 0 bridgehead atoms. The lowest BCUT2D eigenvalue weighted by Gasteiger charge is -2.18. The highest BCUT2D eigenvalue weighted by Crippen LogP contribution is 2.17. The van der Waals surface area contributed by atoms with E-state index in [-0.39, 0.29) is 5.91 Å². The van der Waals surface area contributed by atoms with E-state index in [1.807, 2.05) is 44.4 Å². The Morgan fingerprint density at radius 3 is 2.95 bits per heavy atom. The SMILES string of the molecule is CNCCCN(C)C(=O)c1cccc2ncccc12. The highest BCUT2D eigenvalue weighted by atomic mass is 16.2. The molecule has 19 heavy (non-hydrogen) atoms. The van der Waals surface area contributed by atoms with Crippen molar-refractivity contribution in [2.24, 2.45) is 0 Å². The van der Waals surface area contributed by atoms with Gasteiger partial charge in [0.1, 0.15) is 0 Å². The molecule has 0 aliphatic rings. The van der Waals surface area contributed by atoms with Crippen LogP contribution in [0.5, 0.6) is 0 Å². The van der Waals surface area contributed by atoms with E-state index in [2.05, 4.69) is 10.3 Å². The molecule has 0 aliphatic heterocycles. The summed E-state index contributed by atoms with van der Waals surface area (Å²) >= 11 is 0. The van der Waals surface area contributed by atoms with Gasteiger partial charge in [0.15, 0.2) is 0 Å². The van der Waals surface area contributed by atoms with E-state index in [4.69, 9.17) is 0 Å². The van der Waals surface area contributed by atoms with Crippen LogP contribution in [0.1, 0.15) is 16.8 Å². The van der Waals surface area contributed by atoms with Crippen LogP contribution in [0, 0.1) is 0 Å². The Morgan fingerprint density at radius 1 is 1.32 bits per heavy atom. The van der Waals surface area contributed by atoms with Crippen LogP contribution in [0.2, 0.25) is 0 Å². The minimum atomic E-state index is 0.0507. The monoisotopic (exact) mass is 257 g/mol. The van der Waals surface area contributed by atoms with Crippen molar-refractivity contribution < 1.29 is 4.79 Å². The van der Waals surface area contributed by atoms with Crippen LogP contribution in [0.15, 0.2) is 36.5 Å². The van der Waals surface area contributed by atoms with Gasteiger partial charge < -0.3 is 10.2 Å². The topological polar surface area (TPSA) is 45.2 Å². The number of nitrogens with zero attached hydrogens (tertiary/aromatic N) is 2. The second-order valence-corrected chi connectivity index (χ2v) is 4.56. The second-order valence-electron chi connectivity index (χ2n) is 4.56. The third kappa shape index (κ3) is 3.09. The Morgan fingerprint density at radius 2 is 2.16 bits per heavy atom. The van der Waals surface area contributed by atoms with Crippen molar-refractivity contribution in [2.75, 3.05) is 27.2 Å². The van der Waals surface area contributed by atoms with Crippen LogP contribution < -0.4 is 5.32 Å². The number of pyridine rings is 1. The van der Waals surface area contributed by atoms with Gasteiger partial charge in [0.25, 0.3) is 5.91 Å². The fourth-order valence-corrected chi connectivity index (χ4v) is 2.09. The number of fused-ring (bicyclic) bond motifs is 1. The molecule has 2 aromatic rings. The number of hydrogen-bond donors (Lipinski definition) is 1. The highest BCUT2D eigenvalue weighted by Gasteiger charge is 2.14. The summed E-state index contributed by atoms with van der Waals surface area (Å²) in [6.45, 7) is 1.66. The number of amides is 1. The fourth-order valence-electron chi connectivity index (χ4n) is 2.09. The van der Waals surface area contributed by atoms with Crippen LogP contribution >= 0.6 is 0 Å². The first-order valence-corrected chi connectivity index (χ1v) is 6.48. The number of nitrogens with one attached hydrogen (secondary N) is 1. The first-order valence-electron chi connectivity index (χ1n) is 6.48. The minimum Gasteiger partial charge on any atom is -0.342 e. The molecule has 1 heterocycles. The van der Waals surface area contributed by atoms with E-state index < -0.39 is 0 Å². The Kier molecular flexibility index (Phi) is 4.47. The molecule has 0 atom stereocenters. The molecule has 0 aliphatic carbocycles. The number of hydrogen-bond acceptors (Lipinski definition) is 3. The maximum absolute atomic E-state index is 12.4. The third-order valence-corrected chi connectivity index (χ3v) is 3.14. The van der Waals surface area contributed by atoms with Crippen molar-refractivity contribution in [1.29, 1.82) is 0 Å². The van der Waals surface area contributed by atoms with E-state index >= 15 is 0 Å². The molecule has 0 saturated heterocycles. The fraction of sp³-hybridized carbons (Fsp3) is 0.333. The van der Waals surface area contributed by atoms with Gasteiger partial charge in [-0.15, -0.1) is 0 Å². The first-order chi connectivity index (χ1) is 9.24. The number of carbonyl (C=O) groups is 1. The summed E-state index contributed by atoms with van der Waals surface area (Å²) in [6, 6.07) is 9.47. The zero-order valence-electron chi connectivity index (χ0n) is 11.4. The van der Waals surface area contributed by atoms with Gasteiger partial charge in [0.2, 0.25) is 0 Å². The molecule has 0 fully saturated rings. The van der Waals surface area contributed by atoms with Crippen molar-refractivity contribution in [2.45, 2.75) is 6.42 Å². The van der Waals surface area contributed by atoms with Crippen molar-refractivity contribution in [1.82, 2.24) is 15.2 Å². The smallest absolute Gasteiger partial charge is 0.254 e. The first kappa shape index (κ1) is 13.5. The summed E-state index contributed by atoms with van der Waals surface area (Å²) in [5, 5.41) is 4.00. The summed E-state index contributed by atoms with van der Waals surface area (Å²) in [7, 11) is 3.76. The van der Waals surface area contributed by atoms with Gasteiger partial charge in [-0.25, -0.2) is 0 Å². The second kappa shape index (κ2) is 6.29. The predicted molar refractivity (Wildman–Crippen MR) is 77.2 cm³/mol. The van der Waals surface area contributed by atoms with Crippen molar-refractivity contribution in [3.05, 3.63) is 42.1 Å². The molecule has 0 spiro atoms. The molecule has 0 unspecified atom stereocenters. The van der Waals surface area contributed by atoms with Gasteiger partial charge in [-0.3, -0.25) is 9.78 Å². The van der Waals surface area contributed by atoms with Crippen LogP contribution in [0.3, 0.4) is 0 Å². The summed E-state index contributed by atoms with van der Waals surface area (Å²) < 4.78 is 0. The van der Waals surface area contributed by atoms with E-state index in [1.165, 1.54) is 0 Å². The summed E-state index contributed by atoms with van der Waals surface area (Å²) in [5.41, 5.74) is 1.58. The number of carbonyl (C=O) groups excluding carboxylic acids is 1. The maximum Gasteiger partial charge on any atom is 0.254 e.